The SMILES string of the molecule is C=C(C)C(=O)SCCCNS(C)(=O)=O. The molecule has 0 aliphatic rings. The summed E-state index contributed by atoms with van der Waals surface area (Å²) in [5.41, 5.74) is 0.520. The van der Waals surface area contributed by atoms with Crippen LogP contribution in [0.5, 0.6) is 0 Å². The van der Waals surface area contributed by atoms with Gasteiger partial charge in [0.15, 0.2) is 0 Å². The second-order valence-electron chi connectivity index (χ2n) is 2.94. The summed E-state index contributed by atoms with van der Waals surface area (Å²) in [5.74, 6) is 0.605. The van der Waals surface area contributed by atoms with Gasteiger partial charge < -0.3 is 0 Å². The van der Waals surface area contributed by atoms with E-state index in [9.17, 15) is 13.2 Å². The highest BCUT2D eigenvalue weighted by Crippen LogP contribution is 2.09. The van der Waals surface area contributed by atoms with Crippen molar-refractivity contribution in [1.82, 2.24) is 4.72 Å². The van der Waals surface area contributed by atoms with E-state index in [0.29, 0.717) is 24.3 Å². The maximum Gasteiger partial charge on any atom is 0.214 e. The molecule has 0 aliphatic heterocycles. The number of sulfonamides is 1. The molecule has 0 saturated heterocycles. The van der Waals surface area contributed by atoms with Crippen LogP contribution >= 0.6 is 11.8 Å². The topological polar surface area (TPSA) is 63.2 Å². The molecule has 0 aromatic carbocycles. The normalized spacial score (nSPS) is 11.3. The summed E-state index contributed by atoms with van der Waals surface area (Å²) < 4.78 is 23.6. The van der Waals surface area contributed by atoms with E-state index in [2.05, 4.69) is 11.3 Å². The van der Waals surface area contributed by atoms with E-state index in [1.54, 1.807) is 6.92 Å². The Morgan fingerprint density at radius 3 is 2.50 bits per heavy atom. The zero-order valence-corrected chi connectivity index (χ0v) is 10.0. The number of hydrogen-bond donors (Lipinski definition) is 1. The van der Waals surface area contributed by atoms with Crippen LogP contribution in [0.2, 0.25) is 0 Å². The lowest BCUT2D eigenvalue weighted by Crippen LogP contribution is -2.23. The van der Waals surface area contributed by atoms with E-state index in [4.69, 9.17) is 0 Å². The smallest absolute Gasteiger partial charge is 0.214 e. The predicted molar refractivity (Wildman–Crippen MR) is 59.7 cm³/mol. The van der Waals surface area contributed by atoms with Crippen LogP contribution in [0.15, 0.2) is 12.2 Å². The lowest BCUT2D eigenvalue weighted by molar-refractivity contribution is -0.107. The Bertz CT molecular complexity index is 309. The molecule has 0 fully saturated rings. The number of carbonyl (C=O) groups excluding carboxylic acids is 1. The van der Waals surface area contributed by atoms with Crippen molar-refractivity contribution in [2.24, 2.45) is 0 Å². The number of carbonyl (C=O) groups is 1. The molecule has 0 amide bonds. The zero-order valence-electron chi connectivity index (χ0n) is 8.37. The number of rotatable bonds is 6. The minimum absolute atomic E-state index is 0.0376. The van der Waals surface area contributed by atoms with Crippen LogP contribution in [0.3, 0.4) is 0 Å². The summed E-state index contributed by atoms with van der Waals surface area (Å²) in [6.45, 7) is 5.54. The van der Waals surface area contributed by atoms with Gasteiger partial charge >= 0.3 is 0 Å². The highest BCUT2D eigenvalue weighted by atomic mass is 32.2. The van der Waals surface area contributed by atoms with Crippen LogP contribution < -0.4 is 4.72 Å². The molecule has 82 valence electrons. The van der Waals surface area contributed by atoms with Gasteiger partial charge in [-0.05, 0) is 18.9 Å². The second kappa shape index (κ2) is 6.21. The summed E-state index contributed by atoms with van der Waals surface area (Å²) in [6, 6.07) is 0. The van der Waals surface area contributed by atoms with Gasteiger partial charge in [0.2, 0.25) is 15.1 Å². The van der Waals surface area contributed by atoms with Crippen molar-refractivity contribution in [3.8, 4) is 0 Å². The maximum absolute atomic E-state index is 11.0. The first-order chi connectivity index (χ1) is 6.33. The molecule has 0 atom stereocenters. The molecule has 0 heterocycles. The van der Waals surface area contributed by atoms with Crippen molar-refractivity contribution in [3.63, 3.8) is 0 Å². The molecule has 0 aromatic rings. The summed E-state index contributed by atoms with van der Waals surface area (Å²) in [4.78, 5) is 11.0. The van der Waals surface area contributed by atoms with Crippen LogP contribution in [-0.4, -0.2) is 32.1 Å². The van der Waals surface area contributed by atoms with E-state index < -0.39 is 10.0 Å². The van der Waals surface area contributed by atoms with E-state index in [1.807, 2.05) is 0 Å². The molecule has 4 nitrogen and oxygen atoms in total. The Hall–Kier alpha value is -0.330. The van der Waals surface area contributed by atoms with Gasteiger partial charge in [-0.3, -0.25) is 4.79 Å². The molecular formula is C8H15NO3S2. The fraction of sp³-hybridized carbons (Fsp3) is 0.625. The first-order valence-corrected chi connectivity index (χ1v) is 6.98. The molecule has 14 heavy (non-hydrogen) atoms. The van der Waals surface area contributed by atoms with Gasteiger partial charge in [-0.25, -0.2) is 13.1 Å². The molecular weight excluding hydrogens is 222 g/mol. The van der Waals surface area contributed by atoms with E-state index in [-0.39, 0.29) is 5.12 Å². The van der Waals surface area contributed by atoms with Crippen LogP contribution in [0.25, 0.3) is 0 Å². The zero-order chi connectivity index (χ0) is 11.2. The third kappa shape index (κ3) is 8.28. The predicted octanol–water partition coefficient (Wildman–Crippen LogP) is 0.762. The van der Waals surface area contributed by atoms with Crippen molar-refractivity contribution in [2.75, 3.05) is 18.6 Å². The lowest BCUT2D eigenvalue weighted by atomic mass is 10.4. The van der Waals surface area contributed by atoms with Crippen molar-refractivity contribution < 1.29 is 13.2 Å². The molecule has 0 radical (unpaired) electrons. The third-order valence-corrected chi connectivity index (χ3v) is 3.10. The van der Waals surface area contributed by atoms with Crippen LogP contribution in [0.1, 0.15) is 13.3 Å². The van der Waals surface area contributed by atoms with Crippen LogP contribution in [-0.2, 0) is 14.8 Å². The number of nitrogens with one attached hydrogen (secondary N) is 1. The van der Waals surface area contributed by atoms with Crippen LogP contribution in [0, 0.1) is 0 Å². The molecule has 0 aliphatic carbocycles. The average molecular weight is 237 g/mol. The monoisotopic (exact) mass is 237 g/mol. The molecule has 1 N–H and O–H groups in total. The first-order valence-electron chi connectivity index (χ1n) is 4.10. The molecule has 0 spiro atoms. The van der Waals surface area contributed by atoms with Crippen molar-refractivity contribution in [3.05, 3.63) is 12.2 Å². The number of thioether (sulfide) groups is 1. The minimum atomic E-state index is -3.10. The fourth-order valence-corrected chi connectivity index (χ4v) is 1.85. The van der Waals surface area contributed by atoms with Gasteiger partial charge in [-0.2, -0.15) is 0 Å². The maximum atomic E-state index is 11.0. The highest BCUT2D eigenvalue weighted by Gasteiger charge is 2.03. The van der Waals surface area contributed by atoms with Gasteiger partial charge in [0.25, 0.3) is 0 Å². The largest absolute Gasteiger partial charge is 0.282 e. The molecule has 6 heteroatoms. The van der Waals surface area contributed by atoms with Gasteiger partial charge in [0.05, 0.1) is 6.26 Å². The van der Waals surface area contributed by atoms with Crippen molar-refractivity contribution in [1.29, 1.82) is 0 Å². The Kier molecular flexibility index (Phi) is 6.06. The first kappa shape index (κ1) is 13.7. The standard InChI is InChI=1S/C8H15NO3S2/c1-7(2)8(10)13-6-4-5-9-14(3,11)12/h9H,1,4-6H2,2-3H3. The van der Waals surface area contributed by atoms with Gasteiger partial charge in [-0.15, -0.1) is 0 Å². The van der Waals surface area contributed by atoms with Crippen LogP contribution in [0.4, 0.5) is 0 Å². The Labute approximate surface area is 89.2 Å². The van der Waals surface area contributed by atoms with E-state index in [0.717, 1.165) is 18.0 Å². The molecule has 0 saturated carbocycles. The van der Waals surface area contributed by atoms with Gasteiger partial charge in [-0.1, -0.05) is 18.3 Å². The Balaban J connectivity index is 3.49. The van der Waals surface area contributed by atoms with Crippen molar-refractivity contribution in [2.45, 2.75) is 13.3 Å². The van der Waals surface area contributed by atoms with Gasteiger partial charge in [0, 0.05) is 12.3 Å². The Morgan fingerprint density at radius 2 is 2.07 bits per heavy atom. The molecule has 0 rings (SSSR count). The van der Waals surface area contributed by atoms with Crippen molar-refractivity contribution >= 4 is 26.9 Å². The summed E-state index contributed by atoms with van der Waals surface area (Å²) in [5, 5.41) is -0.0376. The fourth-order valence-electron chi connectivity index (χ4n) is 0.618. The lowest BCUT2D eigenvalue weighted by Gasteiger charge is -2.01. The molecule has 0 bridgehead atoms. The Morgan fingerprint density at radius 1 is 1.50 bits per heavy atom. The average Bonchev–Trinajstić information content (AvgIpc) is 2.01. The minimum Gasteiger partial charge on any atom is -0.282 e. The second-order valence-corrected chi connectivity index (χ2v) is 5.84. The number of hydrogen-bond acceptors (Lipinski definition) is 4. The third-order valence-electron chi connectivity index (χ3n) is 1.27. The van der Waals surface area contributed by atoms with E-state index >= 15 is 0 Å². The highest BCUT2D eigenvalue weighted by molar-refractivity contribution is 8.14. The summed E-state index contributed by atoms with van der Waals surface area (Å²) in [6.07, 6.45) is 1.75. The molecule has 0 aromatic heterocycles. The molecule has 0 unspecified atom stereocenters. The summed E-state index contributed by atoms with van der Waals surface area (Å²) >= 11 is 1.16. The van der Waals surface area contributed by atoms with Gasteiger partial charge in [0.1, 0.15) is 0 Å². The van der Waals surface area contributed by atoms with E-state index in [1.165, 1.54) is 0 Å². The summed E-state index contributed by atoms with van der Waals surface area (Å²) in [7, 11) is -3.10. The quantitative estimate of drug-likeness (QED) is 0.547.